The van der Waals surface area contributed by atoms with Gasteiger partial charge >= 0.3 is 0 Å². The molecule has 0 spiro atoms. The number of carbonyl (C=O) groups excluding carboxylic acids is 2. The third kappa shape index (κ3) is 12.5. The molecule has 12 unspecified atom stereocenters. The van der Waals surface area contributed by atoms with Crippen molar-refractivity contribution in [3.8, 4) is 22.5 Å². The smallest absolute Gasteiger partial charge is 0.251 e. The summed E-state index contributed by atoms with van der Waals surface area (Å²) in [5.74, 6) is -6.31. The van der Waals surface area contributed by atoms with Gasteiger partial charge in [-0.25, -0.2) is 22.5 Å². The Morgan fingerprint density at radius 2 is 1.41 bits per heavy atom. The molecule has 20 atom stereocenters. The van der Waals surface area contributed by atoms with Crippen molar-refractivity contribution in [2.75, 3.05) is 32.9 Å². The van der Waals surface area contributed by atoms with Crippen molar-refractivity contribution in [1.82, 2.24) is 40.2 Å². The van der Waals surface area contributed by atoms with Crippen LogP contribution in [0.5, 0.6) is 0 Å². The maximum atomic E-state index is 14.2. The molecule has 4 saturated heterocycles. The SMILES string of the molecule is CCC[C@H](OC1C(NC(C)=O)[C@H](O[C@@H]2CC(CO[C@H]3OC(CO)[C@@H](O)C(n4cc(-c5cc(F)c(F)c(F)c5)nn4)C3O)CC(n3cc(-c4ccccc4)nn3)C2O[C@@H]2OC(C)[C@@H](O)C(O)C2O)OC(CO)[C@@H]1O)C(=O)N1CCC1. The summed E-state index contributed by atoms with van der Waals surface area (Å²) < 4.78 is 89.3. The van der Waals surface area contributed by atoms with Gasteiger partial charge in [-0.1, -0.05) is 54.1 Å². The molecule has 2 aromatic heterocycles. The first-order valence-corrected chi connectivity index (χ1v) is 26.3. The lowest BCUT2D eigenvalue weighted by Gasteiger charge is -2.49. The summed E-state index contributed by atoms with van der Waals surface area (Å²) in [7, 11) is 0. The minimum Gasteiger partial charge on any atom is -0.394 e. The summed E-state index contributed by atoms with van der Waals surface area (Å²) in [4.78, 5) is 28.5. The minimum atomic E-state index is -1.82. The van der Waals surface area contributed by atoms with Gasteiger partial charge in [0.1, 0.15) is 90.6 Å². The maximum Gasteiger partial charge on any atom is 0.251 e. The monoisotopic (exact) mass is 1120 g/mol. The number of aliphatic hydroxyl groups excluding tert-OH is 8. The van der Waals surface area contributed by atoms with Crippen molar-refractivity contribution < 1.29 is 96.8 Å². The second-order valence-electron chi connectivity index (χ2n) is 20.7. The van der Waals surface area contributed by atoms with E-state index in [0.29, 0.717) is 42.9 Å². The van der Waals surface area contributed by atoms with Crippen LogP contribution in [0.4, 0.5) is 13.2 Å². The Balaban J connectivity index is 1.06. The number of rotatable bonds is 19. The first-order valence-electron chi connectivity index (χ1n) is 26.3. The summed E-state index contributed by atoms with van der Waals surface area (Å²) in [6.07, 6.45) is -19.5. The Labute approximate surface area is 450 Å². The third-order valence-corrected chi connectivity index (χ3v) is 15.2. The average molecular weight is 1120 g/mol. The molecular weight excluding hydrogens is 1050 g/mol. The Kier molecular flexibility index (Phi) is 18.8. The number of hydrogen-bond donors (Lipinski definition) is 9. The van der Waals surface area contributed by atoms with Crippen LogP contribution in [-0.2, 0) is 42.7 Å². The van der Waals surface area contributed by atoms with Crippen molar-refractivity contribution in [1.29, 1.82) is 0 Å². The molecule has 4 aromatic rings. The van der Waals surface area contributed by atoms with Gasteiger partial charge in [-0.15, -0.1) is 10.2 Å². The van der Waals surface area contributed by atoms with E-state index in [-0.39, 0.29) is 43.0 Å². The van der Waals surface area contributed by atoms with Gasteiger partial charge in [0.2, 0.25) is 5.91 Å². The van der Waals surface area contributed by atoms with E-state index < -0.39 is 159 Å². The topological polar surface area (TPSA) is 337 Å². The molecule has 79 heavy (non-hydrogen) atoms. The van der Waals surface area contributed by atoms with E-state index in [1.54, 1.807) is 23.2 Å². The Morgan fingerprint density at radius 3 is 2.05 bits per heavy atom. The number of nitrogens with zero attached hydrogens (tertiary/aromatic N) is 7. The van der Waals surface area contributed by atoms with Gasteiger partial charge < -0.3 is 84.2 Å². The zero-order valence-electron chi connectivity index (χ0n) is 43.3. The lowest BCUT2D eigenvalue weighted by Crippen LogP contribution is -2.67. The number of ether oxygens (including phenoxy) is 7. The number of likely N-dealkylation sites (tertiary alicyclic amines) is 1. The van der Waals surface area contributed by atoms with E-state index in [4.69, 9.17) is 33.2 Å². The number of aliphatic hydroxyl groups is 8. The zero-order valence-corrected chi connectivity index (χ0v) is 43.3. The van der Waals surface area contributed by atoms with Gasteiger partial charge in [0, 0.05) is 31.1 Å². The number of aromatic nitrogens is 6. The molecule has 1 saturated carbocycles. The quantitative estimate of drug-likeness (QED) is 0.0521. The molecule has 2 amide bonds. The molecule has 9 N–H and O–H groups in total. The highest BCUT2D eigenvalue weighted by Crippen LogP contribution is 2.42. The van der Waals surface area contributed by atoms with Crippen molar-refractivity contribution in [3.63, 3.8) is 0 Å². The van der Waals surface area contributed by atoms with Crippen molar-refractivity contribution in [3.05, 3.63) is 72.3 Å². The van der Waals surface area contributed by atoms with Gasteiger partial charge in [-0.3, -0.25) is 9.59 Å². The molecule has 25 nitrogen and oxygen atoms in total. The van der Waals surface area contributed by atoms with Crippen LogP contribution >= 0.6 is 0 Å². The fourth-order valence-electron chi connectivity index (χ4n) is 10.8. The Hall–Kier alpha value is -5.15. The molecule has 9 rings (SSSR count). The van der Waals surface area contributed by atoms with E-state index in [1.165, 1.54) is 18.5 Å². The van der Waals surface area contributed by atoms with E-state index in [2.05, 4.69) is 25.9 Å². The number of amides is 2. The summed E-state index contributed by atoms with van der Waals surface area (Å²) in [5.41, 5.74) is 0.743. The Morgan fingerprint density at radius 1 is 0.759 bits per heavy atom. The molecule has 5 fully saturated rings. The molecule has 2 aromatic carbocycles. The molecule has 434 valence electrons. The molecule has 0 bridgehead atoms. The summed E-state index contributed by atoms with van der Waals surface area (Å²) in [6.45, 7) is 3.69. The predicted molar refractivity (Wildman–Crippen MR) is 262 cm³/mol. The van der Waals surface area contributed by atoms with Crippen LogP contribution in [0.15, 0.2) is 54.9 Å². The van der Waals surface area contributed by atoms with Gasteiger partial charge in [0.15, 0.2) is 36.3 Å². The third-order valence-electron chi connectivity index (χ3n) is 15.2. The van der Waals surface area contributed by atoms with Gasteiger partial charge in [0.25, 0.3) is 5.91 Å². The highest BCUT2D eigenvalue weighted by Gasteiger charge is 2.54. The van der Waals surface area contributed by atoms with Crippen molar-refractivity contribution in [2.45, 2.75) is 169 Å². The van der Waals surface area contributed by atoms with E-state index in [0.717, 1.165) is 17.3 Å². The molecule has 6 heterocycles. The van der Waals surface area contributed by atoms with Gasteiger partial charge in [-0.2, -0.15) is 0 Å². The number of hydrogen-bond acceptors (Lipinski definition) is 21. The van der Waals surface area contributed by atoms with Gasteiger partial charge in [0.05, 0.1) is 50.5 Å². The number of halogens is 3. The Bertz CT molecular complexity index is 2660. The maximum absolute atomic E-state index is 14.2. The van der Waals surface area contributed by atoms with Crippen LogP contribution in [0.2, 0.25) is 0 Å². The van der Waals surface area contributed by atoms with Crippen molar-refractivity contribution >= 4 is 11.8 Å². The van der Waals surface area contributed by atoms with Crippen molar-refractivity contribution in [2.24, 2.45) is 5.92 Å². The second-order valence-corrected chi connectivity index (χ2v) is 20.7. The number of benzene rings is 2. The van der Waals surface area contributed by atoms with Crippen LogP contribution in [0, 0.1) is 23.4 Å². The second kappa shape index (κ2) is 25.3. The van der Waals surface area contributed by atoms with Crippen LogP contribution in [0.3, 0.4) is 0 Å². The van der Waals surface area contributed by atoms with E-state index >= 15 is 0 Å². The number of carbonyl (C=O) groups is 2. The highest BCUT2D eigenvalue weighted by atomic mass is 19.2. The normalized spacial score (nSPS) is 35.4. The summed E-state index contributed by atoms with van der Waals surface area (Å²) in [6, 6.07) is 6.62. The standard InChI is InChI=1S/C51H67F3N8O17/c1-4-9-33(48(72)60-12-8-13-60)75-47-38(55-24(3)65)49(77-36(21-64)42(47)68)76-34-15-25(14-32(61-18-30(56-58-61)26-10-6-5-7-11-26)46(34)79-51-45(71)44(70)40(66)23(2)74-51)22-73-50-43(69)39(41(67)35(20-63)78-50)62-19-31(57-59-62)27-16-28(52)37(54)29(53)17-27/h5-7,10-11,16-19,23,25,32-36,38-47,49-51,63-64,66-71H,4,8-9,12-15,20-22H2,1-3H3,(H,55,65)/t23?,25?,32?,33-,34+,35?,36?,38?,39?,40+,41+,42-,43?,44?,45?,46?,47?,49+,50-,51-/m0/s1. The average Bonchev–Trinajstić information content (AvgIpc) is 4.28. The predicted octanol–water partition coefficient (Wildman–Crippen LogP) is -0.764. The first kappa shape index (κ1) is 58.5. The van der Waals surface area contributed by atoms with E-state index in [9.17, 15) is 63.6 Å². The lowest BCUT2D eigenvalue weighted by atomic mass is 9.81. The first-order chi connectivity index (χ1) is 37.9. The van der Waals surface area contributed by atoms with Crippen LogP contribution in [0.1, 0.15) is 65.0 Å². The lowest BCUT2D eigenvalue weighted by molar-refractivity contribution is -0.339. The minimum absolute atomic E-state index is 0.0723. The molecular formula is C51H67F3N8O17. The largest absolute Gasteiger partial charge is 0.394 e. The molecule has 5 aliphatic rings. The van der Waals surface area contributed by atoms with Crippen LogP contribution in [0.25, 0.3) is 22.5 Å². The van der Waals surface area contributed by atoms with Crippen LogP contribution in [-0.4, -0.2) is 225 Å². The van der Waals surface area contributed by atoms with E-state index in [1.807, 2.05) is 25.1 Å². The zero-order chi connectivity index (χ0) is 56.4. The summed E-state index contributed by atoms with van der Waals surface area (Å²) in [5, 5.41) is 109. The molecule has 0 radical (unpaired) electrons. The summed E-state index contributed by atoms with van der Waals surface area (Å²) >= 11 is 0. The fraction of sp³-hybridized carbons (Fsp3) is 0.647. The molecule has 4 aliphatic heterocycles. The highest BCUT2D eigenvalue weighted by molar-refractivity contribution is 5.81. The molecule has 1 aliphatic carbocycles. The van der Waals surface area contributed by atoms with Gasteiger partial charge in [-0.05, 0) is 50.7 Å². The number of nitrogens with one attached hydrogen (secondary N) is 1. The molecule has 28 heteroatoms. The fourth-order valence-corrected chi connectivity index (χ4v) is 10.8. The van der Waals surface area contributed by atoms with Crippen LogP contribution < -0.4 is 5.32 Å².